The predicted octanol–water partition coefficient (Wildman–Crippen LogP) is 3.35. The first-order chi connectivity index (χ1) is 11.7. The molecule has 132 valence electrons. The number of hydrogen-bond acceptors (Lipinski definition) is 3. The fraction of sp³-hybridized carbons (Fsp3) is 0.650. The number of hydrogen-bond donors (Lipinski definition) is 1. The number of rotatable bonds is 7. The van der Waals surface area contributed by atoms with Gasteiger partial charge in [-0.3, -0.25) is 9.69 Å². The molecular formula is C20H30N2O2. The Morgan fingerprint density at radius 3 is 2.50 bits per heavy atom. The number of methoxy groups -OCH3 is 1. The molecule has 0 bridgehead atoms. The molecule has 3 rings (SSSR count). The van der Waals surface area contributed by atoms with Crippen molar-refractivity contribution in [3.05, 3.63) is 29.8 Å². The van der Waals surface area contributed by atoms with Crippen molar-refractivity contribution >= 4 is 5.91 Å². The molecule has 2 aliphatic carbocycles. The Morgan fingerprint density at radius 2 is 1.88 bits per heavy atom. The van der Waals surface area contributed by atoms with Crippen LogP contribution in [0.15, 0.2) is 24.3 Å². The summed E-state index contributed by atoms with van der Waals surface area (Å²) in [5.74, 6) is 1.67. The molecule has 2 aliphatic rings. The van der Waals surface area contributed by atoms with Crippen molar-refractivity contribution in [3.63, 3.8) is 0 Å². The normalized spacial score (nSPS) is 24.0. The van der Waals surface area contributed by atoms with Crippen LogP contribution in [0, 0.1) is 5.92 Å². The van der Waals surface area contributed by atoms with Gasteiger partial charge in [-0.2, -0.15) is 0 Å². The molecule has 0 aromatic heterocycles. The first kappa shape index (κ1) is 17.3. The van der Waals surface area contributed by atoms with E-state index in [0.29, 0.717) is 24.5 Å². The Kier molecular flexibility index (Phi) is 5.77. The van der Waals surface area contributed by atoms with Crippen molar-refractivity contribution in [2.45, 2.75) is 64.1 Å². The van der Waals surface area contributed by atoms with Crippen LogP contribution in [0.2, 0.25) is 0 Å². The van der Waals surface area contributed by atoms with Gasteiger partial charge in [-0.25, -0.2) is 0 Å². The van der Waals surface area contributed by atoms with E-state index < -0.39 is 0 Å². The third-order valence-corrected chi connectivity index (χ3v) is 5.41. The molecule has 1 aromatic rings. The summed E-state index contributed by atoms with van der Waals surface area (Å²) in [6.07, 6.45) is 7.34. The molecule has 1 N–H and O–H groups in total. The Labute approximate surface area is 145 Å². The molecule has 1 amide bonds. The number of carbonyl (C=O) groups is 1. The number of carbonyl (C=O) groups excluding carboxylic acids is 1. The summed E-state index contributed by atoms with van der Waals surface area (Å²) < 4.78 is 5.22. The van der Waals surface area contributed by atoms with Crippen molar-refractivity contribution in [1.82, 2.24) is 10.2 Å². The van der Waals surface area contributed by atoms with Crippen LogP contribution in [0.5, 0.6) is 5.75 Å². The van der Waals surface area contributed by atoms with Crippen LogP contribution >= 0.6 is 0 Å². The standard InChI is InChI=1S/C20H30N2O2/c1-15-5-3-4-6-19(15)21-20(23)14-22(17-9-10-17)13-16-7-11-18(24-2)12-8-16/h7-8,11-12,15,17,19H,3-6,9-10,13-14H2,1-2H3,(H,21,23)/t15-,19+/m0/s1. The molecule has 0 radical (unpaired) electrons. The topological polar surface area (TPSA) is 41.6 Å². The first-order valence-corrected chi connectivity index (χ1v) is 9.32. The lowest BCUT2D eigenvalue weighted by molar-refractivity contribution is -0.123. The van der Waals surface area contributed by atoms with E-state index in [1.807, 2.05) is 12.1 Å². The highest BCUT2D eigenvalue weighted by molar-refractivity contribution is 5.78. The van der Waals surface area contributed by atoms with E-state index in [-0.39, 0.29) is 5.91 Å². The van der Waals surface area contributed by atoms with Gasteiger partial charge in [0.2, 0.25) is 5.91 Å². The van der Waals surface area contributed by atoms with Gasteiger partial charge in [-0.15, -0.1) is 0 Å². The van der Waals surface area contributed by atoms with Gasteiger partial charge < -0.3 is 10.1 Å². The zero-order valence-electron chi connectivity index (χ0n) is 15.0. The number of benzene rings is 1. The van der Waals surface area contributed by atoms with E-state index in [4.69, 9.17) is 4.74 Å². The minimum Gasteiger partial charge on any atom is -0.497 e. The maximum Gasteiger partial charge on any atom is 0.234 e. The molecular weight excluding hydrogens is 300 g/mol. The average molecular weight is 330 g/mol. The SMILES string of the molecule is COc1ccc(CN(CC(=O)N[C@@H]2CCCC[C@@H]2C)C2CC2)cc1. The Balaban J connectivity index is 1.54. The second-order valence-corrected chi connectivity index (χ2v) is 7.42. The van der Waals surface area contributed by atoms with Gasteiger partial charge in [-0.1, -0.05) is 31.9 Å². The maximum atomic E-state index is 12.5. The van der Waals surface area contributed by atoms with Crippen molar-refractivity contribution in [2.24, 2.45) is 5.92 Å². The van der Waals surface area contributed by atoms with Gasteiger partial charge in [0.05, 0.1) is 13.7 Å². The molecule has 0 aliphatic heterocycles. The lowest BCUT2D eigenvalue weighted by Crippen LogP contribution is -2.46. The van der Waals surface area contributed by atoms with Crippen molar-refractivity contribution < 1.29 is 9.53 Å². The maximum absolute atomic E-state index is 12.5. The first-order valence-electron chi connectivity index (χ1n) is 9.32. The molecule has 0 unspecified atom stereocenters. The van der Waals surface area contributed by atoms with E-state index in [9.17, 15) is 4.79 Å². The Morgan fingerprint density at radius 1 is 1.17 bits per heavy atom. The lowest BCUT2D eigenvalue weighted by Gasteiger charge is -2.30. The van der Waals surface area contributed by atoms with Crippen LogP contribution in [0.3, 0.4) is 0 Å². The lowest BCUT2D eigenvalue weighted by atomic mass is 9.86. The quantitative estimate of drug-likeness (QED) is 0.833. The highest BCUT2D eigenvalue weighted by atomic mass is 16.5. The van der Waals surface area contributed by atoms with Crippen LogP contribution in [0.4, 0.5) is 0 Å². The van der Waals surface area contributed by atoms with E-state index in [2.05, 4.69) is 29.3 Å². The third kappa shape index (κ3) is 4.73. The van der Waals surface area contributed by atoms with Crippen molar-refractivity contribution in [1.29, 1.82) is 0 Å². The van der Waals surface area contributed by atoms with Crippen LogP contribution in [-0.4, -0.2) is 36.5 Å². The summed E-state index contributed by atoms with van der Waals surface area (Å²) in [7, 11) is 1.68. The average Bonchev–Trinajstić information content (AvgIpc) is 3.42. The monoisotopic (exact) mass is 330 g/mol. The van der Waals surface area contributed by atoms with Gasteiger partial charge in [0.15, 0.2) is 0 Å². The van der Waals surface area contributed by atoms with Gasteiger partial charge in [-0.05, 0) is 49.3 Å². The summed E-state index contributed by atoms with van der Waals surface area (Å²) in [6, 6.07) is 9.11. The summed E-state index contributed by atoms with van der Waals surface area (Å²) in [5, 5.41) is 3.29. The molecule has 1 aromatic carbocycles. The van der Waals surface area contributed by atoms with E-state index in [1.165, 1.54) is 37.7 Å². The second kappa shape index (κ2) is 8.02. The Bertz CT molecular complexity index is 539. The van der Waals surface area contributed by atoms with E-state index in [1.54, 1.807) is 7.11 Å². The molecule has 4 heteroatoms. The van der Waals surface area contributed by atoms with Crippen LogP contribution in [-0.2, 0) is 11.3 Å². The minimum atomic E-state index is 0.189. The Hall–Kier alpha value is -1.55. The van der Waals surface area contributed by atoms with Crippen LogP contribution < -0.4 is 10.1 Å². The number of nitrogens with zero attached hydrogens (tertiary/aromatic N) is 1. The largest absolute Gasteiger partial charge is 0.497 e. The summed E-state index contributed by atoms with van der Waals surface area (Å²) in [4.78, 5) is 14.8. The molecule has 0 spiro atoms. The zero-order valence-corrected chi connectivity index (χ0v) is 15.0. The smallest absolute Gasteiger partial charge is 0.234 e. The van der Waals surface area contributed by atoms with Gasteiger partial charge in [0.25, 0.3) is 0 Å². The summed E-state index contributed by atoms with van der Waals surface area (Å²) >= 11 is 0. The number of amides is 1. The molecule has 2 saturated carbocycles. The van der Waals surface area contributed by atoms with Crippen LogP contribution in [0.25, 0.3) is 0 Å². The van der Waals surface area contributed by atoms with Gasteiger partial charge in [0.1, 0.15) is 5.75 Å². The number of ether oxygens (including phenoxy) is 1. The van der Waals surface area contributed by atoms with Crippen molar-refractivity contribution in [3.8, 4) is 5.75 Å². The fourth-order valence-corrected chi connectivity index (χ4v) is 3.69. The highest BCUT2D eigenvalue weighted by Crippen LogP contribution is 2.29. The third-order valence-electron chi connectivity index (χ3n) is 5.41. The molecule has 0 saturated heterocycles. The van der Waals surface area contributed by atoms with Gasteiger partial charge >= 0.3 is 0 Å². The summed E-state index contributed by atoms with van der Waals surface area (Å²) in [5.41, 5.74) is 1.24. The fourth-order valence-electron chi connectivity index (χ4n) is 3.69. The summed E-state index contributed by atoms with van der Waals surface area (Å²) in [6.45, 7) is 3.61. The van der Waals surface area contributed by atoms with Crippen molar-refractivity contribution in [2.75, 3.05) is 13.7 Å². The number of nitrogens with one attached hydrogen (secondary N) is 1. The molecule has 2 fully saturated rings. The zero-order chi connectivity index (χ0) is 16.9. The van der Waals surface area contributed by atoms with E-state index >= 15 is 0 Å². The van der Waals surface area contributed by atoms with E-state index in [0.717, 1.165) is 18.7 Å². The predicted molar refractivity (Wildman–Crippen MR) is 96.0 cm³/mol. The second-order valence-electron chi connectivity index (χ2n) is 7.42. The molecule has 4 nitrogen and oxygen atoms in total. The molecule has 0 heterocycles. The highest BCUT2D eigenvalue weighted by Gasteiger charge is 2.31. The minimum absolute atomic E-state index is 0.189. The molecule has 2 atom stereocenters. The van der Waals surface area contributed by atoms with Crippen LogP contribution in [0.1, 0.15) is 51.0 Å². The molecule has 24 heavy (non-hydrogen) atoms. The van der Waals surface area contributed by atoms with Gasteiger partial charge in [0, 0.05) is 18.6 Å².